The second kappa shape index (κ2) is 7.63. The van der Waals surface area contributed by atoms with Gasteiger partial charge < -0.3 is 9.47 Å². The van der Waals surface area contributed by atoms with Gasteiger partial charge in [-0.05, 0) is 62.1 Å². The molecule has 0 aliphatic carbocycles. The molecule has 0 radical (unpaired) electrons. The highest BCUT2D eigenvalue weighted by molar-refractivity contribution is 6.22. The zero-order valence-corrected chi connectivity index (χ0v) is 17.1. The monoisotopic (exact) mass is 378 g/mol. The highest BCUT2D eigenvalue weighted by Crippen LogP contribution is 2.35. The molecule has 146 valence electrons. The maximum absolute atomic E-state index is 11.5. The van der Waals surface area contributed by atoms with Crippen molar-refractivity contribution in [1.29, 1.82) is 0 Å². The number of rotatable bonds is 0. The van der Waals surface area contributed by atoms with Gasteiger partial charge in [-0.3, -0.25) is 9.59 Å². The van der Waals surface area contributed by atoms with Gasteiger partial charge in [-0.15, -0.1) is 0 Å². The topological polar surface area (TPSA) is 52.6 Å². The fourth-order valence-electron chi connectivity index (χ4n) is 3.85. The van der Waals surface area contributed by atoms with Gasteiger partial charge in [-0.2, -0.15) is 0 Å². The lowest BCUT2D eigenvalue weighted by Gasteiger charge is -2.24. The van der Waals surface area contributed by atoms with Gasteiger partial charge in [0.05, 0.1) is 0 Å². The van der Waals surface area contributed by atoms with Crippen molar-refractivity contribution in [3.8, 4) is 11.5 Å². The number of benzene rings is 2. The summed E-state index contributed by atoms with van der Waals surface area (Å²) < 4.78 is 10.8. The molecule has 2 aliphatic heterocycles. The average Bonchev–Trinajstić information content (AvgIpc) is 2.61. The third kappa shape index (κ3) is 3.72. The van der Waals surface area contributed by atoms with E-state index in [0.29, 0.717) is 5.57 Å². The molecule has 2 heterocycles. The molecule has 2 aromatic rings. The number of Topliss-reactive ketones (excluding diaryl/α,β-unsaturated/α-hetero) is 2. The molecule has 28 heavy (non-hydrogen) atoms. The molecule has 0 saturated carbocycles. The van der Waals surface area contributed by atoms with Crippen molar-refractivity contribution in [3.63, 3.8) is 0 Å². The second-order valence-electron chi connectivity index (χ2n) is 7.62. The summed E-state index contributed by atoms with van der Waals surface area (Å²) in [6, 6.07) is 8.08. The van der Waals surface area contributed by atoms with E-state index in [1.54, 1.807) is 0 Å². The van der Waals surface area contributed by atoms with Crippen LogP contribution >= 0.6 is 0 Å². The van der Waals surface area contributed by atoms with Crippen LogP contribution in [0.25, 0.3) is 5.57 Å². The molecule has 4 rings (SSSR count). The van der Waals surface area contributed by atoms with Crippen molar-refractivity contribution < 1.29 is 19.1 Å². The lowest BCUT2D eigenvalue weighted by atomic mass is 9.89. The van der Waals surface area contributed by atoms with E-state index in [1.807, 2.05) is 52.8 Å². The first kappa shape index (κ1) is 19.9. The van der Waals surface area contributed by atoms with Crippen molar-refractivity contribution in [2.45, 2.75) is 40.5 Å². The maximum atomic E-state index is 11.5. The van der Waals surface area contributed by atoms with Crippen LogP contribution in [0.4, 0.5) is 0 Å². The average molecular weight is 378 g/mol. The molecule has 0 aromatic heterocycles. The number of aryl methyl sites for hydroxylation is 4. The molecule has 0 N–H and O–H groups in total. The van der Waals surface area contributed by atoms with Crippen molar-refractivity contribution in [2.24, 2.45) is 0 Å². The molecule has 2 aromatic carbocycles. The van der Waals surface area contributed by atoms with Gasteiger partial charge in [0.15, 0.2) is 18.2 Å². The number of carbonyl (C=O) groups is 2. The van der Waals surface area contributed by atoms with Gasteiger partial charge in [0.1, 0.15) is 18.1 Å². The summed E-state index contributed by atoms with van der Waals surface area (Å²) in [6.07, 6.45) is 0. The lowest BCUT2D eigenvalue weighted by Crippen LogP contribution is -2.24. The van der Waals surface area contributed by atoms with Gasteiger partial charge in [0, 0.05) is 22.6 Å². The number of ether oxygens (including phenoxy) is 2. The molecular weight excluding hydrogens is 352 g/mol. The fraction of sp³-hybridized carbons (Fsp3) is 0.333. The number of carbonyl (C=O) groups excluding carboxylic acids is 2. The Hall–Kier alpha value is -2.88. The minimum Gasteiger partial charge on any atom is -0.485 e. The predicted octanol–water partition coefficient (Wildman–Crippen LogP) is 4.65. The normalized spacial score (nSPS) is 17.6. The molecule has 4 nitrogen and oxygen atoms in total. The van der Waals surface area contributed by atoms with Gasteiger partial charge in [-0.25, -0.2) is 0 Å². The summed E-state index contributed by atoms with van der Waals surface area (Å²) in [5, 5.41) is 0. The summed E-state index contributed by atoms with van der Waals surface area (Å²) in [5.41, 5.74) is 7.03. The molecule has 0 spiro atoms. The standard InChI is InChI=1S/C12H14O2.C12H12O2/c2*1-7-4-8(2)12-9(3)10(13)6-14-11(12)5-7/h4-5,9H,6H2,1-3H3;4-5H,3,6H2,1-2H3. The largest absolute Gasteiger partial charge is 0.485 e. The van der Waals surface area contributed by atoms with Crippen LogP contribution in [-0.2, 0) is 9.59 Å². The molecule has 0 saturated heterocycles. The van der Waals surface area contributed by atoms with E-state index < -0.39 is 0 Å². The fourth-order valence-corrected chi connectivity index (χ4v) is 3.85. The summed E-state index contributed by atoms with van der Waals surface area (Å²) >= 11 is 0. The number of hydrogen-bond donors (Lipinski definition) is 0. The highest BCUT2D eigenvalue weighted by atomic mass is 16.5. The molecule has 0 amide bonds. The van der Waals surface area contributed by atoms with Crippen LogP contribution in [0.15, 0.2) is 30.8 Å². The molecule has 2 aliphatic rings. The van der Waals surface area contributed by atoms with Crippen LogP contribution < -0.4 is 9.47 Å². The predicted molar refractivity (Wildman–Crippen MR) is 110 cm³/mol. The number of ketones is 2. The van der Waals surface area contributed by atoms with Gasteiger partial charge in [0.25, 0.3) is 0 Å². The highest BCUT2D eigenvalue weighted by Gasteiger charge is 2.26. The van der Waals surface area contributed by atoms with Crippen LogP contribution in [0.2, 0.25) is 0 Å². The Morgan fingerprint density at radius 1 is 0.857 bits per heavy atom. The summed E-state index contributed by atoms with van der Waals surface area (Å²) in [6.45, 7) is 14.1. The number of hydrogen-bond acceptors (Lipinski definition) is 4. The Labute approximate surface area is 166 Å². The van der Waals surface area contributed by atoms with E-state index >= 15 is 0 Å². The van der Waals surface area contributed by atoms with Gasteiger partial charge >= 0.3 is 0 Å². The molecule has 1 unspecified atom stereocenters. The van der Waals surface area contributed by atoms with E-state index in [9.17, 15) is 9.59 Å². The molecule has 4 heteroatoms. The SMILES string of the molecule is C=C1C(=O)COc2cc(C)cc(C)c21.Cc1cc(C)c2c(c1)OCC(=O)C2C. The van der Waals surface area contributed by atoms with E-state index in [2.05, 4.69) is 12.6 Å². The van der Waals surface area contributed by atoms with Crippen LogP contribution in [0.3, 0.4) is 0 Å². The molecular formula is C24H26O4. The van der Waals surface area contributed by atoms with E-state index in [-0.39, 0.29) is 30.7 Å². The lowest BCUT2D eigenvalue weighted by molar-refractivity contribution is -0.123. The first-order chi connectivity index (χ1) is 13.2. The zero-order chi connectivity index (χ0) is 20.6. The smallest absolute Gasteiger partial charge is 0.200 e. The Kier molecular flexibility index (Phi) is 5.41. The van der Waals surface area contributed by atoms with Crippen molar-refractivity contribution in [3.05, 3.63) is 64.2 Å². The molecule has 0 fully saturated rings. The summed E-state index contributed by atoms with van der Waals surface area (Å²) in [5.74, 6) is 1.80. The van der Waals surface area contributed by atoms with Crippen LogP contribution in [-0.4, -0.2) is 24.8 Å². The van der Waals surface area contributed by atoms with E-state index in [1.165, 1.54) is 5.56 Å². The first-order valence-corrected chi connectivity index (χ1v) is 9.42. The van der Waals surface area contributed by atoms with Crippen molar-refractivity contribution in [2.75, 3.05) is 13.2 Å². The van der Waals surface area contributed by atoms with Crippen LogP contribution in [0, 0.1) is 27.7 Å². The van der Waals surface area contributed by atoms with Gasteiger partial charge in [-0.1, -0.05) is 25.6 Å². The minimum absolute atomic E-state index is 0.0145. The first-order valence-electron chi connectivity index (χ1n) is 9.42. The van der Waals surface area contributed by atoms with Crippen LogP contribution in [0.5, 0.6) is 11.5 Å². The molecule has 0 bridgehead atoms. The van der Waals surface area contributed by atoms with E-state index in [4.69, 9.17) is 9.47 Å². The maximum Gasteiger partial charge on any atom is 0.200 e. The third-order valence-corrected chi connectivity index (χ3v) is 5.22. The van der Waals surface area contributed by atoms with Crippen LogP contribution in [0.1, 0.15) is 46.2 Å². The Balaban J connectivity index is 0.000000161. The minimum atomic E-state index is -0.0237. The third-order valence-electron chi connectivity index (χ3n) is 5.22. The summed E-state index contributed by atoms with van der Waals surface area (Å²) in [4.78, 5) is 22.8. The van der Waals surface area contributed by atoms with Crippen molar-refractivity contribution in [1.82, 2.24) is 0 Å². The Morgan fingerprint density at radius 2 is 1.43 bits per heavy atom. The summed E-state index contributed by atoms with van der Waals surface area (Å²) in [7, 11) is 0. The van der Waals surface area contributed by atoms with Crippen molar-refractivity contribution >= 4 is 17.1 Å². The quantitative estimate of drug-likeness (QED) is 0.627. The van der Waals surface area contributed by atoms with E-state index in [0.717, 1.165) is 39.3 Å². The zero-order valence-electron chi connectivity index (χ0n) is 17.1. The number of fused-ring (bicyclic) bond motifs is 2. The van der Waals surface area contributed by atoms with Gasteiger partial charge in [0.2, 0.25) is 0 Å². The molecule has 1 atom stereocenters. The second-order valence-corrected chi connectivity index (χ2v) is 7.62. The Bertz CT molecular complexity index is 985. The Morgan fingerprint density at radius 3 is 2.11 bits per heavy atom.